The van der Waals surface area contributed by atoms with Crippen LogP contribution in [0.2, 0.25) is 0 Å². The largest absolute Gasteiger partial charge is 0.497 e. The number of aromatic nitrogens is 4. The molecule has 0 aliphatic carbocycles. The van der Waals surface area contributed by atoms with Crippen molar-refractivity contribution in [2.45, 2.75) is 13.3 Å². The molecule has 2 aromatic heterocycles. The molecule has 0 aliphatic rings. The third-order valence-corrected chi connectivity index (χ3v) is 4.17. The van der Waals surface area contributed by atoms with Gasteiger partial charge in [-0.05, 0) is 31.2 Å². The van der Waals surface area contributed by atoms with Gasteiger partial charge in [-0.2, -0.15) is 0 Å². The average molecular weight is 351 g/mol. The monoisotopic (exact) mass is 351 g/mol. The van der Waals surface area contributed by atoms with Crippen LogP contribution in [0, 0.1) is 6.92 Å². The number of ether oxygens (including phenoxy) is 1. The zero-order chi connectivity index (χ0) is 18.5. The number of methoxy groups -OCH3 is 1. The fourth-order valence-electron chi connectivity index (χ4n) is 2.62. The molecule has 0 aliphatic heterocycles. The fourth-order valence-corrected chi connectivity index (χ4v) is 2.62. The zero-order valence-electron chi connectivity index (χ0n) is 15.1. The topological polar surface area (TPSA) is 73.1 Å². The van der Waals surface area contributed by atoms with Crippen LogP contribution in [0.25, 0.3) is 5.69 Å². The lowest BCUT2D eigenvalue weighted by Gasteiger charge is -2.15. The van der Waals surface area contributed by atoms with E-state index < -0.39 is 0 Å². The van der Waals surface area contributed by atoms with Crippen LogP contribution in [0.3, 0.4) is 0 Å². The second kappa shape index (κ2) is 7.77. The summed E-state index contributed by atoms with van der Waals surface area (Å²) in [7, 11) is 3.37. The minimum atomic E-state index is -0.160. The van der Waals surface area contributed by atoms with Gasteiger partial charge in [0.05, 0.1) is 18.5 Å². The van der Waals surface area contributed by atoms with Gasteiger partial charge < -0.3 is 9.64 Å². The Bertz CT molecular complexity index is 892. The van der Waals surface area contributed by atoms with E-state index in [2.05, 4.69) is 15.3 Å². The Morgan fingerprint density at radius 3 is 2.81 bits per heavy atom. The van der Waals surface area contributed by atoms with Gasteiger partial charge in [-0.15, -0.1) is 5.10 Å². The highest BCUT2D eigenvalue weighted by molar-refractivity contribution is 5.93. The SMILES string of the molecule is COc1cccc(-n2nnc(C(=O)N(C)CCc3ccccn3)c2C)c1. The third kappa shape index (κ3) is 3.72. The number of rotatable bonds is 6. The van der Waals surface area contributed by atoms with E-state index in [1.54, 1.807) is 29.9 Å². The summed E-state index contributed by atoms with van der Waals surface area (Å²) in [5.74, 6) is 0.560. The van der Waals surface area contributed by atoms with Gasteiger partial charge in [-0.1, -0.05) is 17.3 Å². The molecule has 26 heavy (non-hydrogen) atoms. The highest BCUT2D eigenvalue weighted by Gasteiger charge is 2.20. The minimum absolute atomic E-state index is 0.160. The number of benzene rings is 1. The molecule has 0 saturated carbocycles. The summed E-state index contributed by atoms with van der Waals surface area (Å²) in [6.07, 6.45) is 2.44. The van der Waals surface area contributed by atoms with Crippen LogP contribution >= 0.6 is 0 Å². The second-order valence-corrected chi connectivity index (χ2v) is 5.93. The number of likely N-dealkylation sites (N-methyl/N-ethyl adjacent to an activating group) is 1. The van der Waals surface area contributed by atoms with E-state index in [0.717, 1.165) is 17.1 Å². The molecule has 3 rings (SSSR count). The molecule has 0 unspecified atom stereocenters. The highest BCUT2D eigenvalue weighted by atomic mass is 16.5. The Morgan fingerprint density at radius 2 is 2.08 bits per heavy atom. The van der Waals surface area contributed by atoms with Gasteiger partial charge in [-0.25, -0.2) is 4.68 Å². The number of amides is 1. The quantitative estimate of drug-likeness (QED) is 0.681. The van der Waals surface area contributed by atoms with Crippen molar-refractivity contribution in [3.05, 3.63) is 65.7 Å². The van der Waals surface area contributed by atoms with E-state index in [4.69, 9.17) is 4.74 Å². The van der Waals surface area contributed by atoms with Crippen LogP contribution in [0.1, 0.15) is 21.9 Å². The van der Waals surface area contributed by atoms with Crippen LogP contribution in [-0.2, 0) is 6.42 Å². The van der Waals surface area contributed by atoms with Gasteiger partial charge in [0.2, 0.25) is 0 Å². The summed E-state index contributed by atoms with van der Waals surface area (Å²) in [5, 5.41) is 8.22. The van der Waals surface area contributed by atoms with Gasteiger partial charge in [0.15, 0.2) is 5.69 Å². The van der Waals surface area contributed by atoms with Crippen LogP contribution in [-0.4, -0.2) is 51.5 Å². The molecule has 1 aromatic carbocycles. The number of carbonyl (C=O) groups is 1. The number of pyridine rings is 1. The molecule has 0 bridgehead atoms. The molecule has 0 N–H and O–H groups in total. The Balaban J connectivity index is 1.74. The van der Waals surface area contributed by atoms with E-state index in [1.165, 1.54) is 0 Å². The predicted molar refractivity (Wildman–Crippen MR) is 97.5 cm³/mol. The van der Waals surface area contributed by atoms with Crippen molar-refractivity contribution < 1.29 is 9.53 Å². The lowest BCUT2D eigenvalue weighted by Crippen LogP contribution is -2.30. The lowest BCUT2D eigenvalue weighted by molar-refractivity contribution is 0.0789. The first kappa shape index (κ1) is 17.6. The first-order valence-corrected chi connectivity index (χ1v) is 8.32. The highest BCUT2D eigenvalue weighted by Crippen LogP contribution is 2.18. The van der Waals surface area contributed by atoms with Gasteiger partial charge in [-0.3, -0.25) is 9.78 Å². The Morgan fingerprint density at radius 1 is 1.23 bits per heavy atom. The Labute approximate surface area is 152 Å². The third-order valence-electron chi connectivity index (χ3n) is 4.17. The summed E-state index contributed by atoms with van der Waals surface area (Å²) in [6.45, 7) is 2.39. The first-order valence-electron chi connectivity index (χ1n) is 8.32. The van der Waals surface area contributed by atoms with Gasteiger partial charge >= 0.3 is 0 Å². The summed E-state index contributed by atoms with van der Waals surface area (Å²) in [4.78, 5) is 18.6. The van der Waals surface area contributed by atoms with Crippen LogP contribution in [0.15, 0.2) is 48.7 Å². The van der Waals surface area contributed by atoms with Crippen molar-refractivity contribution in [2.75, 3.05) is 20.7 Å². The fraction of sp³-hybridized carbons (Fsp3) is 0.263. The van der Waals surface area contributed by atoms with Crippen LogP contribution in [0.5, 0.6) is 5.75 Å². The zero-order valence-corrected chi connectivity index (χ0v) is 15.1. The van der Waals surface area contributed by atoms with Crippen molar-refractivity contribution in [1.82, 2.24) is 24.9 Å². The van der Waals surface area contributed by atoms with Crippen molar-refractivity contribution in [2.24, 2.45) is 0 Å². The Hall–Kier alpha value is -3.22. The van der Waals surface area contributed by atoms with Crippen LogP contribution < -0.4 is 4.74 Å². The summed E-state index contributed by atoms with van der Waals surface area (Å²) in [5.41, 5.74) is 2.78. The first-order chi connectivity index (χ1) is 12.6. The number of carbonyl (C=O) groups excluding carboxylic acids is 1. The van der Waals surface area contributed by atoms with E-state index in [9.17, 15) is 4.79 Å². The molecule has 0 fully saturated rings. The average Bonchev–Trinajstić information content (AvgIpc) is 3.07. The van der Waals surface area contributed by atoms with Gasteiger partial charge in [0, 0.05) is 38.0 Å². The molecule has 0 spiro atoms. The summed E-state index contributed by atoms with van der Waals surface area (Å²) >= 11 is 0. The van der Waals surface area contributed by atoms with Crippen molar-refractivity contribution in [3.63, 3.8) is 0 Å². The van der Waals surface area contributed by atoms with Gasteiger partial charge in [0.25, 0.3) is 5.91 Å². The Kier molecular flexibility index (Phi) is 5.26. The molecular formula is C19H21N5O2. The second-order valence-electron chi connectivity index (χ2n) is 5.93. The predicted octanol–water partition coefficient (Wildman–Crippen LogP) is 2.29. The molecule has 0 atom stereocenters. The molecular weight excluding hydrogens is 330 g/mol. The number of nitrogens with zero attached hydrogens (tertiary/aromatic N) is 5. The molecule has 1 amide bonds. The molecule has 3 aromatic rings. The number of hydrogen-bond donors (Lipinski definition) is 0. The van der Waals surface area contributed by atoms with Crippen LogP contribution in [0.4, 0.5) is 0 Å². The van der Waals surface area contributed by atoms with Crippen molar-refractivity contribution in [3.8, 4) is 11.4 Å². The summed E-state index contributed by atoms with van der Waals surface area (Å²) in [6, 6.07) is 13.2. The van der Waals surface area contributed by atoms with E-state index in [-0.39, 0.29) is 5.91 Å². The molecule has 0 radical (unpaired) electrons. The molecule has 2 heterocycles. The van der Waals surface area contributed by atoms with Gasteiger partial charge in [0.1, 0.15) is 5.75 Å². The van der Waals surface area contributed by atoms with E-state index in [1.807, 2.05) is 49.4 Å². The maximum absolute atomic E-state index is 12.7. The molecule has 7 heteroatoms. The minimum Gasteiger partial charge on any atom is -0.497 e. The maximum Gasteiger partial charge on any atom is 0.276 e. The normalized spacial score (nSPS) is 10.6. The van der Waals surface area contributed by atoms with Crippen molar-refractivity contribution in [1.29, 1.82) is 0 Å². The van der Waals surface area contributed by atoms with Crippen molar-refractivity contribution >= 4 is 5.91 Å². The smallest absolute Gasteiger partial charge is 0.276 e. The van der Waals surface area contributed by atoms with E-state index in [0.29, 0.717) is 24.4 Å². The molecule has 134 valence electrons. The lowest BCUT2D eigenvalue weighted by atomic mass is 10.2. The number of hydrogen-bond acceptors (Lipinski definition) is 5. The summed E-state index contributed by atoms with van der Waals surface area (Å²) < 4.78 is 6.88. The molecule has 7 nitrogen and oxygen atoms in total. The maximum atomic E-state index is 12.7. The molecule has 0 saturated heterocycles. The van der Waals surface area contributed by atoms with E-state index >= 15 is 0 Å². The standard InChI is InChI=1S/C19H21N5O2/c1-14-18(19(25)23(2)12-10-15-7-4-5-11-20-15)21-22-24(14)16-8-6-9-17(13-16)26-3/h4-9,11,13H,10,12H2,1-3H3.